The fourth-order valence-corrected chi connectivity index (χ4v) is 1.97. The van der Waals surface area contributed by atoms with Gasteiger partial charge in [0, 0.05) is 19.6 Å². The second kappa shape index (κ2) is 9.56. The Morgan fingerprint density at radius 3 is 2.60 bits per heavy atom. The van der Waals surface area contributed by atoms with E-state index >= 15 is 0 Å². The van der Waals surface area contributed by atoms with Crippen LogP contribution in [-0.4, -0.2) is 38.2 Å². The Kier molecular flexibility index (Phi) is 8.00. The van der Waals surface area contributed by atoms with E-state index in [1.807, 2.05) is 19.1 Å². The van der Waals surface area contributed by atoms with Crippen LogP contribution in [0.1, 0.15) is 25.8 Å². The highest BCUT2D eigenvalue weighted by Crippen LogP contribution is 2.12. The van der Waals surface area contributed by atoms with Crippen molar-refractivity contribution in [3.8, 4) is 5.75 Å². The van der Waals surface area contributed by atoms with E-state index in [9.17, 15) is 0 Å². The van der Waals surface area contributed by atoms with Crippen LogP contribution in [0.5, 0.6) is 5.75 Å². The molecule has 0 aliphatic heterocycles. The Bertz CT molecular complexity index is 386. The summed E-state index contributed by atoms with van der Waals surface area (Å²) < 4.78 is 5.75. The van der Waals surface area contributed by atoms with Gasteiger partial charge in [-0.2, -0.15) is 0 Å². The van der Waals surface area contributed by atoms with Gasteiger partial charge in [0.2, 0.25) is 0 Å². The highest BCUT2D eigenvalue weighted by molar-refractivity contribution is 5.27. The maximum absolute atomic E-state index is 5.75. The topological polar surface area (TPSA) is 24.5 Å². The van der Waals surface area contributed by atoms with E-state index in [1.165, 1.54) is 17.6 Å². The number of rotatable bonds is 10. The molecule has 0 unspecified atom stereocenters. The van der Waals surface area contributed by atoms with Crippen molar-refractivity contribution < 1.29 is 4.74 Å². The third kappa shape index (κ3) is 7.31. The van der Waals surface area contributed by atoms with Crippen molar-refractivity contribution in [1.29, 1.82) is 0 Å². The van der Waals surface area contributed by atoms with Crippen LogP contribution in [0.15, 0.2) is 36.4 Å². The van der Waals surface area contributed by atoms with Crippen molar-refractivity contribution in [1.82, 2.24) is 10.2 Å². The molecule has 0 heterocycles. The monoisotopic (exact) mass is 276 g/mol. The molecule has 1 aromatic carbocycles. The van der Waals surface area contributed by atoms with Crippen molar-refractivity contribution in [3.05, 3.63) is 42.0 Å². The molecule has 0 aromatic heterocycles. The van der Waals surface area contributed by atoms with Crippen molar-refractivity contribution in [2.24, 2.45) is 0 Å². The van der Waals surface area contributed by atoms with E-state index in [1.54, 1.807) is 0 Å². The lowest BCUT2D eigenvalue weighted by Crippen LogP contribution is -2.25. The number of benzene rings is 1. The zero-order valence-corrected chi connectivity index (χ0v) is 13.1. The summed E-state index contributed by atoms with van der Waals surface area (Å²) in [4.78, 5) is 2.21. The fraction of sp³-hybridized carbons (Fsp3) is 0.529. The SMILES string of the molecule is C=C(C)CN(C)CCOc1ccc(CNCCC)cc1. The standard InChI is InChI=1S/C17H28N2O/c1-5-10-18-13-16-6-8-17(9-7-16)20-12-11-19(4)14-15(2)3/h6-9,18H,2,5,10-14H2,1,3-4H3. The number of hydrogen-bond acceptors (Lipinski definition) is 3. The summed E-state index contributed by atoms with van der Waals surface area (Å²) in [5.41, 5.74) is 2.47. The molecule has 3 heteroatoms. The predicted molar refractivity (Wildman–Crippen MR) is 86.2 cm³/mol. The summed E-state index contributed by atoms with van der Waals surface area (Å²) in [7, 11) is 2.08. The first-order chi connectivity index (χ1) is 9.61. The largest absolute Gasteiger partial charge is 0.492 e. The number of hydrogen-bond donors (Lipinski definition) is 1. The van der Waals surface area contributed by atoms with Crippen LogP contribution < -0.4 is 10.1 Å². The Labute approximate surface area is 123 Å². The molecular formula is C17H28N2O. The first kappa shape index (κ1) is 16.7. The molecule has 0 spiro atoms. The smallest absolute Gasteiger partial charge is 0.119 e. The molecule has 0 aliphatic carbocycles. The highest BCUT2D eigenvalue weighted by atomic mass is 16.5. The lowest BCUT2D eigenvalue weighted by Gasteiger charge is -2.16. The first-order valence-electron chi connectivity index (χ1n) is 7.37. The Morgan fingerprint density at radius 2 is 2.00 bits per heavy atom. The molecule has 0 bridgehead atoms. The molecule has 1 rings (SSSR count). The van der Waals surface area contributed by atoms with Crippen LogP contribution in [0.2, 0.25) is 0 Å². The van der Waals surface area contributed by atoms with Gasteiger partial charge in [-0.1, -0.05) is 31.2 Å². The van der Waals surface area contributed by atoms with Gasteiger partial charge in [0.25, 0.3) is 0 Å². The summed E-state index contributed by atoms with van der Waals surface area (Å²) in [5.74, 6) is 0.938. The summed E-state index contributed by atoms with van der Waals surface area (Å²) in [6, 6.07) is 8.33. The zero-order valence-electron chi connectivity index (χ0n) is 13.1. The molecule has 0 saturated heterocycles. The number of nitrogens with zero attached hydrogens (tertiary/aromatic N) is 1. The van der Waals surface area contributed by atoms with Gasteiger partial charge in [-0.05, 0) is 44.6 Å². The molecular weight excluding hydrogens is 248 g/mol. The minimum atomic E-state index is 0.706. The van der Waals surface area contributed by atoms with Crippen molar-refractivity contribution >= 4 is 0 Å². The van der Waals surface area contributed by atoms with Crippen LogP contribution in [0, 0.1) is 0 Å². The predicted octanol–water partition coefficient (Wildman–Crippen LogP) is 3.07. The van der Waals surface area contributed by atoms with Crippen LogP contribution in [-0.2, 0) is 6.54 Å². The van der Waals surface area contributed by atoms with Crippen LogP contribution in [0.3, 0.4) is 0 Å². The molecule has 1 aromatic rings. The molecule has 3 nitrogen and oxygen atoms in total. The minimum Gasteiger partial charge on any atom is -0.492 e. The molecule has 0 atom stereocenters. The van der Waals surface area contributed by atoms with Gasteiger partial charge in [0.05, 0.1) is 0 Å². The van der Waals surface area contributed by atoms with Crippen molar-refractivity contribution in [2.45, 2.75) is 26.8 Å². The Morgan fingerprint density at radius 1 is 1.30 bits per heavy atom. The van der Waals surface area contributed by atoms with Gasteiger partial charge in [0.15, 0.2) is 0 Å². The van der Waals surface area contributed by atoms with Crippen molar-refractivity contribution in [3.63, 3.8) is 0 Å². The minimum absolute atomic E-state index is 0.706. The quantitative estimate of drug-likeness (QED) is 0.525. The highest BCUT2D eigenvalue weighted by Gasteiger charge is 2.00. The third-order valence-electron chi connectivity index (χ3n) is 2.96. The van der Waals surface area contributed by atoms with E-state index in [2.05, 4.69) is 42.9 Å². The fourth-order valence-electron chi connectivity index (χ4n) is 1.97. The normalized spacial score (nSPS) is 10.8. The van der Waals surface area contributed by atoms with Crippen LogP contribution in [0.4, 0.5) is 0 Å². The molecule has 0 aliphatic rings. The summed E-state index contributed by atoms with van der Waals surface area (Å²) in [5, 5.41) is 3.39. The van der Waals surface area contributed by atoms with Gasteiger partial charge in [-0.3, -0.25) is 4.90 Å². The third-order valence-corrected chi connectivity index (χ3v) is 2.96. The summed E-state index contributed by atoms with van der Waals surface area (Å²) in [6.45, 7) is 12.7. The molecule has 1 N–H and O–H groups in total. The van der Waals surface area contributed by atoms with Gasteiger partial charge in [-0.25, -0.2) is 0 Å². The number of ether oxygens (including phenoxy) is 1. The van der Waals surface area contributed by atoms with E-state index in [4.69, 9.17) is 4.74 Å². The molecule has 20 heavy (non-hydrogen) atoms. The Hall–Kier alpha value is -1.32. The second-order valence-corrected chi connectivity index (χ2v) is 5.36. The van der Waals surface area contributed by atoms with Gasteiger partial charge in [0.1, 0.15) is 12.4 Å². The summed E-state index contributed by atoms with van der Waals surface area (Å²) >= 11 is 0. The lowest BCUT2D eigenvalue weighted by molar-refractivity contribution is 0.247. The van der Waals surface area contributed by atoms with E-state index < -0.39 is 0 Å². The molecule has 0 radical (unpaired) electrons. The molecule has 112 valence electrons. The van der Waals surface area contributed by atoms with E-state index in [-0.39, 0.29) is 0 Å². The van der Waals surface area contributed by atoms with Crippen molar-refractivity contribution in [2.75, 3.05) is 33.3 Å². The molecule has 0 fully saturated rings. The van der Waals surface area contributed by atoms with Gasteiger partial charge in [-0.15, -0.1) is 0 Å². The van der Waals surface area contributed by atoms with E-state index in [0.717, 1.165) is 31.9 Å². The average Bonchev–Trinajstić information content (AvgIpc) is 2.40. The summed E-state index contributed by atoms with van der Waals surface area (Å²) in [6.07, 6.45) is 1.17. The lowest BCUT2D eigenvalue weighted by atomic mass is 10.2. The average molecular weight is 276 g/mol. The van der Waals surface area contributed by atoms with E-state index in [0.29, 0.717) is 6.61 Å². The van der Waals surface area contributed by atoms with Gasteiger partial charge < -0.3 is 10.1 Å². The molecule has 0 amide bonds. The zero-order chi connectivity index (χ0) is 14.8. The van der Waals surface area contributed by atoms with Crippen LogP contribution >= 0.6 is 0 Å². The maximum atomic E-state index is 5.75. The molecule has 0 saturated carbocycles. The Balaban J connectivity index is 2.25. The maximum Gasteiger partial charge on any atom is 0.119 e. The number of likely N-dealkylation sites (N-methyl/N-ethyl adjacent to an activating group) is 1. The first-order valence-corrected chi connectivity index (χ1v) is 7.37. The second-order valence-electron chi connectivity index (χ2n) is 5.36. The number of nitrogens with one attached hydrogen (secondary N) is 1. The van der Waals surface area contributed by atoms with Gasteiger partial charge >= 0.3 is 0 Å². The van der Waals surface area contributed by atoms with Crippen LogP contribution in [0.25, 0.3) is 0 Å².